The van der Waals surface area contributed by atoms with Crippen molar-refractivity contribution in [3.8, 4) is 0 Å². The van der Waals surface area contributed by atoms with Gasteiger partial charge in [0.2, 0.25) is 0 Å². The summed E-state index contributed by atoms with van der Waals surface area (Å²) in [6.45, 7) is 18.2. The molecule has 0 aromatic heterocycles. The van der Waals surface area contributed by atoms with Gasteiger partial charge in [0.05, 0.1) is 5.71 Å². The highest BCUT2D eigenvalue weighted by Crippen LogP contribution is 2.27. The Kier molecular flexibility index (Phi) is 11.4. The molecule has 0 atom stereocenters. The monoisotopic (exact) mass is 389 g/mol. The fraction of sp³-hybridized carbons (Fsp3) is 0.192. The Hall–Kier alpha value is -2.58. The van der Waals surface area contributed by atoms with Crippen molar-refractivity contribution in [1.29, 1.82) is 0 Å². The second kappa shape index (κ2) is 13.6. The minimum Gasteiger partial charge on any atom is -0.255 e. The van der Waals surface area contributed by atoms with Crippen LogP contribution in [0.3, 0.4) is 0 Å². The molecule has 1 nitrogen and oxygen atoms in total. The third kappa shape index (κ3) is 9.38. The molecule has 0 N–H and O–H groups in total. The maximum Gasteiger partial charge on any atom is 0.0835 e. The van der Waals surface area contributed by atoms with Gasteiger partial charge in [0.25, 0.3) is 0 Å². The van der Waals surface area contributed by atoms with E-state index in [-0.39, 0.29) is 0 Å². The van der Waals surface area contributed by atoms with Crippen LogP contribution in [0.1, 0.15) is 36.5 Å². The lowest BCUT2D eigenvalue weighted by Gasteiger charge is -2.09. The van der Waals surface area contributed by atoms with E-state index in [1.165, 1.54) is 17.3 Å². The minimum atomic E-state index is 0.844. The molecular formula is C26H31NS. The van der Waals surface area contributed by atoms with E-state index in [0.29, 0.717) is 0 Å². The first-order valence-electron chi connectivity index (χ1n) is 9.42. The molecule has 28 heavy (non-hydrogen) atoms. The topological polar surface area (TPSA) is 12.4 Å². The number of aryl methyl sites for hydroxylation is 2. The average molecular weight is 390 g/mol. The van der Waals surface area contributed by atoms with E-state index >= 15 is 0 Å². The summed E-state index contributed by atoms with van der Waals surface area (Å²) in [4.78, 5) is 6.45. The van der Waals surface area contributed by atoms with Gasteiger partial charge in [0, 0.05) is 21.6 Å². The van der Waals surface area contributed by atoms with Crippen LogP contribution in [-0.4, -0.2) is 5.71 Å². The van der Waals surface area contributed by atoms with Gasteiger partial charge in [-0.25, -0.2) is 0 Å². The van der Waals surface area contributed by atoms with Crippen molar-refractivity contribution in [2.75, 3.05) is 0 Å². The molecule has 0 aliphatic carbocycles. The maximum atomic E-state index is 4.75. The molecule has 0 saturated carbocycles. The Morgan fingerprint density at radius 1 is 1.00 bits per heavy atom. The summed E-state index contributed by atoms with van der Waals surface area (Å²) < 4.78 is 0. The van der Waals surface area contributed by atoms with Crippen LogP contribution in [0.2, 0.25) is 0 Å². The van der Waals surface area contributed by atoms with Crippen LogP contribution in [0.15, 0.2) is 108 Å². The highest BCUT2D eigenvalue weighted by molar-refractivity contribution is 8.07. The van der Waals surface area contributed by atoms with Gasteiger partial charge in [-0.2, -0.15) is 0 Å². The molecule has 1 aromatic carbocycles. The number of unbranched alkanes of at least 4 members (excludes halogenated alkanes) is 1. The Balaban J connectivity index is 3.40. The van der Waals surface area contributed by atoms with Crippen LogP contribution < -0.4 is 0 Å². The molecule has 1 aromatic rings. The van der Waals surface area contributed by atoms with Crippen molar-refractivity contribution in [1.82, 2.24) is 0 Å². The molecule has 0 amide bonds. The van der Waals surface area contributed by atoms with E-state index in [1.54, 1.807) is 6.08 Å². The van der Waals surface area contributed by atoms with Crippen molar-refractivity contribution < 1.29 is 0 Å². The minimum absolute atomic E-state index is 0.844. The molecule has 0 aliphatic rings. The van der Waals surface area contributed by atoms with Gasteiger partial charge in [0.15, 0.2) is 0 Å². The Bertz CT molecular complexity index is 839. The van der Waals surface area contributed by atoms with Gasteiger partial charge in [-0.3, -0.25) is 4.99 Å². The predicted octanol–water partition coefficient (Wildman–Crippen LogP) is 8.03. The molecule has 0 fully saturated rings. The number of hydrogen-bond donors (Lipinski definition) is 0. The molecule has 0 radical (unpaired) electrons. The highest BCUT2D eigenvalue weighted by Gasteiger charge is 2.08. The van der Waals surface area contributed by atoms with E-state index in [2.05, 4.69) is 82.1 Å². The number of thioether (sulfide) groups is 1. The van der Waals surface area contributed by atoms with Crippen molar-refractivity contribution in [2.24, 2.45) is 4.99 Å². The lowest BCUT2D eigenvalue weighted by molar-refractivity contribution is 1.04. The van der Waals surface area contributed by atoms with Crippen LogP contribution in [0.25, 0.3) is 0 Å². The largest absolute Gasteiger partial charge is 0.255 e. The molecule has 0 saturated heterocycles. The number of hydrogen-bond acceptors (Lipinski definition) is 2. The van der Waals surface area contributed by atoms with E-state index in [1.807, 2.05) is 25.3 Å². The molecule has 146 valence electrons. The number of rotatable bonds is 9. The van der Waals surface area contributed by atoms with Crippen molar-refractivity contribution >= 4 is 17.5 Å². The van der Waals surface area contributed by atoms with Gasteiger partial charge < -0.3 is 0 Å². The third-order valence-corrected chi connectivity index (χ3v) is 4.67. The van der Waals surface area contributed by atoms with Gasteiger partial charge in [-0.1, -0.05) is 103 Å². The second-order valence-corrected chi connectivity index (χ2v) is 7.57. The summed E-state index contributed by atoms with van der Waals surface area (Å²) in [5.74, 6) is 0. The first-order chi connectivity index (χ1) is 13.5. The number of aliphatic imine (C=N–C) groups is 1. The van der Waals surface area contributed by atoms with Crippen molar-refractivity contribution in [2.45, 2.75) is 33.6 Å². The van der Waals surface area contributed by atoms with Gasteiger partial charge in [-0.05, 0) is 39.7 Å². The molecule has 2 heteroatoms. The fourth-order valence-electron chi connectivity index (χ4n) is 2.30. The summed E-state index contributed by atoms with van der Waals surface area (Å²) in [6, 6.07) is 14.6. The molecule has 0 heterocycles. The van der Waals surface area contributed by atoms with Crippen LogP contribution in [0.4, 0.5) is 0 Å². The molecule has 0 spiro atoms. The van der Waals surface area contributed by atoms with Gasteiger partial charge in [0.1, 0.15) is 0 Å². The summed E-state index contributed by atoms with van der Waals surface area (Å²) in [6.07, 6.45) is 11.9. The van der Waals surface area contributed by atoms with Crippen molar-refractivity contribution in [3.63, 3.8) is 0 Å². The summed E-state index contributed by atoms with van der Waals surface area (Å²) in [7, 11) is 0. The van der Waals surface area contributed by atoms with E-state index in [9.17, 15) is 0 Å². The molecule has 0 unspecified atom stereocenters. The zero-order chi connectivity index (χ0) is 20.8. The quantitative estimate of drug-likeness (QED) is 0.180. The molecular weight excluding hydrogens is 358 g/mol. The zero-order valence-corrected chi connectivity index (χ0v) is 18.1. The van der Waals surface area contributed by atoms with Gasteiger partial charge >= 0.3 is 0 Å². The number of nitrogens with zero attached hydrogens (tertiary/aromatic N) is 1. The SMILES string of the molecule is C=CC(=C)SC(=C)/C(=N\C=C/CC/C=C\C)c1ccc(C)ccccc(C)c1. The first kappa shape index (κ1) is 23.5. The summed E-state index contributed by atoms with van der Waals surface area (Å²) in [5.41, 5.74) is 4.18. The highest BCUT2D eigenvalue weighted by atomic mass is 32.2. The van der Waals surface area contributed by atoms with Crippen LogP contribution in [-0.2, 0) is 0 Å². The third-order valence-electron chi connectivity index (χ3n) is 3.80. The molecule has 0 bridgehead atoms. The van der Waals surface area contributed by atoms with E-state index in [4.69, 9.17) is 4.99 Å². The van der Waals surface area contributed by atoms with Crippen LogP contribution in [0.5, 0.6) is 0 Å². The van der Waals surface area contributed by atoms with Crippen LogP contribution >= 0.6 is 11.8 Å². The van der Waals surface area contributed by atoms with E-state index in [0.717, 1.165) is 39.5 Å². The van der Waals surface area contributed by atoms with Gasteiger partial charge in [-0.15, -0.1) is 0 Å². The van der Waals surface area contributed by atoms with Crippen molar-refractivity contribution in [3.05, 3.63) is 119 Å². The van der Waals surface area contributed by atoms with Crippen LogP contribution in [0, 0.1) is 13.8 Å². The zero-order valence-electron chi connectivity index (χ0n) is 17.3. The molecule has 1 rings (SSSR count). The standard InChI is InChI=1S/C26H31NS/c1-7-9-10-11-14-19-27-26(24(6)28-23(5)8-2)25-18-17-21(3)15-12-13-16-22(4)20-25/h7-9,12-20H,2,5-6,10-11H2,1,3-4H3/b9-7-,13-12?,15-12?,16-13?,18-17?,19-14-,21-15?,21-17?,22-16?,22-20?,25-18?,25-20?,27-26+. The fourth-order valence-corrected chi connectivity index (χ4v) is 2.96. The normalized spacial score (nSPS) is 11.5. The Morgan fingerprint density at radius 3 is 2.36 bits per heavy atom. The predicted molar refractivity (Wildman–Crippen MR) is 129 cm³/mol. The summed E-state index contributed by atoms with van der Waals surface area (Å²) >= 11 is 1.49. The average Bonchev–Trinajstić information content (AvgIpc) is 2.67. The Labute approximate surface area is 175 Å². The number of allylic oxidation sites excluding steroid dienone is 5. The lowest BCUT2D eigenvalue weighted by atomic mass is 10.1. The molecule has 0 aliphatic heterocycles. The second-order valence-electron chi connectivity index (χ2n) is 6.34. The smallest absolute Gasteiger partial charge is 0.0835 e. The maximum absolute atomic E-state index is 4.75. The van der Waals surface area contributed by atoms with E-state index < -0.39 is 0 Å². The summed E-state index contributed by atoms with van der Waals surface area (Å²) in [5, 5.41) is 0. The lowest BCUT2D eigenvalue weighted by Crippen LogP contribution is -2.01. The Morgan fingerprint density at radius 2 is 1.68 bits per heavy atom. The first-order valence-corrected chi connectivity index (χ1v) is 10.2.